The molecule has 0 radical (unpaired) electrons. The standard InChI is InChI=1S/C12H16N6OS/c19-11-13-9(15-16-11)8-3-5-18(6-4-8)12-14-10(17-20-12)7-1-2-7/h7-8H,1-6H2,(H2,13,15,16,19). The van der Waals surface area contributed by atoms with E-state index in [4.69, 9.17) is 0 Å². The highest BCUT2D eigenvalue weighted by Gasteiger charge is 2.30. The van der Waals surface area contributed by atoms with Crippen molar-refractivity contribution in [1.82, 2.24) is 24.5 Å². The summed E-state index contributed by atoms with van der Waals surface area (Å²) in [5.74, 6) is 2.77. The Hall–Kier alpha value is -1.70. The van der Waals surface area contributed by atoms with Crippen LogP contribution in [0.2, 0.25) is 0 Å². The summed E-state index contributed by atoms with van der Waals surface area (Å²) in [6, 6.07) is 0. The van der Waals surface area contributed by atoms with Crippen LogP contribution in [0.1, 0.15) is 49.2 Å². The Balaban J connectivity index is 1.42. The van der Waals surface area contributed by atoms with Gasteiger partial charge >= 0.3 is 5.69 Å². The third-order valence-electron chi connectivity index (χ3n) is 4.05. The Labute approximate surface area is 119 Å². The molecule has 20 heavy (non-hydrogen) atoms. The molecule has 0 amide bonds. The first-order valence-corrected chi connectivity index (χ1v) is 7.80. The SMILES string of the molecule is O=c1[nH]nc(C2CCN(c3nc(C4CC4)ns3)CC2)[nH]1. The summed E-state index contributed by atoms with van der Waals surface area (Å²) in [6.45, 7) is 1.89. The van der Waals surface area contributed by atoms with Crippen LogP contribution in [0, 0.1) is 0 Å². The maximum absolute atomic E-state index is 11.1. The molecule has 0 unspecified atom stereocenters. The second kappa shape index (κ2) is 4.69. The molecule has 2 N–H and O–H groups in total. The van der Waals surface area contributed by atoms with Crippen molar-refractivity contribution < 1.29 is 0 Å². The normalized spacial score (nSPS) is 20.5. The summed E-state index contributed by atoms with van der Waals surface area (Å²) in [6.07, 6.45) is 4.45. The number of H-pyrrole nitrogens is 2. The number of aromatic amines is 2. The minimum atomic E-state index is -0.222. The van der Waals surface area contributed by atoms with E-state index in [0.717, 1.165) is 42.7 Å². The lowest BCUT2D eigenvalue weighted by molar-refractivity contribution is 0.486. The number of nitrogens with zero attached hydrogens (tertiary/aromatic N) is 4. The van der Waals surface area contributed by atoms with Crippen LogP contribution in [0.4, 0.5) is 5.13 Å². The largest absolute Gasteiger partial charge is 0.347 e. The molecule has 2 fully saturated rings. The van der Waals surface area contributed by atoms with Gasteiger partial charge in [-0.25, -0.2) is 14.9 Å². The lowest BCUT2D eigenvalue weighted by atomic mass is 9.96. The molecule has 0 bridgehead atoms. The van der Waals surface area contributed by atoms with Gasteiger partial charge in [-0.15, -0.1) is 0 Å². The van der Waals surface area contributed by atoms with Crippen molar-refractivity contribution in [3.8, 4) is 0 Å². The fourth-order valence-electron chi connectivity index (χ4n) is 2.68. The Bertz CT molecular complexity index is 649. The summed E-state index contributed by atoms with van der Waals surface area (Å²) in [5, 5.41) is 7.51. The highest BCUT2D eigenvalue weighted by Crippen LogP contribution is 2.40. The molecule has 1 saturated heterocycles. The number of hydrogen-bond donors (Lipinski definition) is 2. The number of piperidine rings is 1. The molecule has 7 nitrogen and oxygen atoms in total. The molecule has 4 rings (SSSR count). The van der Waals surface area contributed by atoms with Gasteiger partial charge in [-0.05, 0) is 25.7 Å². The molecule has 0 spiro atoms. The maximum atomic E-state index is 11.1. The number of anilines is 1. The van der Waals surface area contributed by atoms with E-state index in [-0.39, 0.29) is 5.69 Å². The topological polar surface area (TPSA) is 90.6 Å². The number of aromatic nitrogens is 5. The van der Waals surface area contributed by atoms with E-state index < -0.39 is 0 Å². The van der Waals surface area contributed by atoms with E-state index in [0.29, 0.717) is 11.8 Å². The van der Waals surface area contributed by atoms with Gasteiger partial charge in [0.2, 0.25) is 5.13 Å². The second-order valence-corrected chi connectivity index (χ2v) is 6.26. The Morgan fingerprint density at radius 3 is 2.60 bits per heavy atom. The van der Waals surface area contributed by atoms with Gasteiger partial charge in [-0.2, -0.15) is 9.47 Å². The lowest BCUT2D eigenvalue weighted by Crippen LogP contribution is -2.33. The fourth-order valence-corrected chi connectivity index (χ4v) is 3.48. The van der Waals surface area contributed by atoms with E-state index in [1.165, 1.54) is 24.4 Å². The molecular weight excluding hydrogens is 276 g/mol. The first-order chi connectivity index (χ1) is 9.79. The predicted octanol–water partition coefficient (Wildman–Crippen LogP) is 1.21. The quantitative estimate of drug-likeness (QED) is 0.887. The number of nitrogens with one attached hydrogen (secondary N) is 2. The molecule has 2 aliphatic rings. The summed E-state index contributed by atoms with van der Waals surface area (Å²) in [4.78, 5) is 20.8. The Morgan fingerprint density at radius 1 is 1.15 bits per heavy atom. The van der Waals surface area contributed by atoms with Crippen LogP contribution in [-0.4, -0.2) is 37.6 Å². The molecule has 8 heteroatoms. The van der Waals surface area contributed by atoms with Crippen molar-refractivity contribution in [1.29, 1.82) is 0 Å². The van der Waals surface area contributed by atoms with E-state index >= 15 is 0 Å². The van der Waals surface area contributed by atoms with Crippen molar-refractivity contribution in [3.63, 3.8) is 0 Å². The smallest absolute Gasteiger partial charge is 0.340 e. The first-order valence-electron chi connectivity index (χ1n) is 7.03. The van der Waals surface area contributed by atoms with Crippen molar-refractivity contribution in [2.45, 2.75) is 37.5 Å². The summed E-state index contributed by atoms with van der Waals surface area (Å²) < 4.78 is 4.46. The average molecular weight is 292 g/mol. The predicted molar refractivity (Wildman–Crippen MR) is 75.3 cm³/mol. The molecule has 0 atom stereocenters. The lowest BCUT2D eigenvalue weighted by Gasteiger charge is -2.30. The summed E-state index contributed by atoms with van der Waals surface area (Å²) >= 11 is 1.51. The molecular formula is C12H16N6OS. The van der Waals surface area contributed by atoms with Crippen LogP contribution in [0.3, 0.4) is 0 Å². The van der Waals surface area contributed by atoms with Crippen LogP contribution in [-0.2, 0) is 0 Å². The van der Waals surface area contributed by atoms with E-state index in [1.807, 2.05) is 0 Å². The van der Waals surface area contributed by atoms with Crippen molar-refractivity contribution in [2.24, 2.45) is 0 Å². The zero-order valence-electron chi connectivity index (χ0n) is 11.0. The molecule has 2 aromatic rings. The van der Waals surface area contributed by atoms with E-state index in [9.17, 15) is 4.79 Å². The number of rotatable bonds is 3. The second-order valence-electron chi connectivity index (χ2n) is 5.53. The van der Waals surface area contributed by atoms with Crippen molar-refractivity contribution >= 4 is 16.7 Å². The van der Waals surface area contributed by atoms with Gasteiger partial charge in [0.05, 0.1) is 0 Å². The van der Waals surface area contributed by atoms with Crippen LogP contribution in [0.5, 0.6) is 0 Å². The molecule has 2 aromatic heterocycles. The van der Waals surface area contributed by atoms with Crippen LogP contribution in [0.25, 0.3) is 0 Å². The van der Waals surface area contributed by atoms with Gasteiger partial charge in [0, 0.05) is 36.5 Å². The third kappa shape index (κ3) is 2.24. The monoisotopic (exact) mass is 292 g/mol. The first kappa shape index (κ1) is 12.1. The fraction of sp³-hybridized carbons (Fsp3) is 0.667. The molecule has 106 valence electrons. The molecule has 3 heterocycles. The zero-order chi connectivity index (χ0) is 13.5. The zero-order valence-corrected chi connectivity index (χ0v) is 11.8. The Morgan fingerprint density at radius 2 is 1.95 bits per heavy atom. The van der Waals surface area contributed by atoms with Gasteiger partial charge in [-0.1, -0.05) is 0 Å². The van der Waals surface area contributed by atoms with Crippen LogP contribution in [0.15, 0.2) is 4.79 Å². The molecule has 0 aromatic carbocycles. The van der Waals surface area contributed by atoms with E-state index in [2.05, 4.69) is 29.4 Å². The highest BCUT2D eigenvalue weighted by atomic mass is 32.1. The van der Waals surface area contributed by atoms with Gasteiger partial charge in [0.25, 0.3) is 0 Å². The number of hydrogen-bond acceptors (Lipinski definition) is 6. The van der Waals surface area contributed by atoms with Crippen LogP contribution < -0.4 is 10.6 Å². The van der Waals surface area contributed by atoms with E-state index in [1.54, 1.807) is 0 Å². The van der Waals surface area contributed by atoms with Gasteiger partial charge < -0.3 is 4.90 Å². The average Bonchev–Trinajstić information content (AvgIpc) is 3.04. The highest BCUT2D eigenvalue weighted by molar-refractivity contribution is 7.09. The molecule has 1 aliphatic carbocycles. The van der Waals surface area contributed by atoms with Crippen LogP contribution >= 0.6 is 11.5 Å². The minimum absolute atomic E-state index is 0.222. The molecule has 1 saturated carbocycles. The van der Waals surface area contributed by atoms with Gasteiger partial charge in [0.15, 0.2) is 0 Å². The van der Waals surface area contributed by atoms with Crippen molar-refractivity contribution in [2.75, 3.05) is 18.0 Å². The van der Waals surface area contributed by atoms with Gasteiger partial charge in [0.1, 0.15) is 11.6 Å². The Kier molecular flexibility index (Phi) is 2.83. The summed E-state index contributed by atoms with van der Waals surface area (Å²) in [5.41, 5.74) is -0.222. The minimum Gasteiger partial charge on any atom is -0.347 e. The van der Waals surface area contributed by atoms with Gasteiger partial charge in [-0.3, -0.25) is 4.98 Å². The van der Waals surface area contributed by atoms with Crippen molar-refractivity contribution in [3.05, 3.63) is 22.1 Å². The maximum Gasteiger partial charge on any atom is 0.340 e. The molecule has 1 aliphatic heterocycles. The summed E-state index contributed by atoms with van der Waals surface area (Å²) in [7, 11) is 0. The third-order valence-corrected chi connectivity index (χ3v) is 4.84.